The van der Waals surface area contributed by atoms with Crippen molar-refractivity contribution in [3.05, 3.63) is 30.1 Å². The minimum atomic E-state index is -2.83. The Balaban J connectivity index is 2.26. The van der Waals surface area contributed by atoms with Crippen molar-refractivity contribution in [3.63, 3.8) is 0 Å². The third kappa shape index (κ3) is 2.77. The molecule has 2 aromatic rings. The fourth-order valence-electron chi connectivity index (χ4n) is 1.39. The Morgan fingerprint density at radius 1 is 1.41 bits per heavy atom. The third-order valence-electron chi connectivity index (χ3n) is 2.18. The summed E-state index contributed by atoms with van der Waals surface area (Å²) in [6.07, 6.45) is 0.736. The summed E-state index contributed by atoms with van der Waals surface area (Å²) in [6, 6.07) is 6.30. The van der Waals surface area contributed by atoms with Gasteiger partial charge >= 0.3 is 6.61 Å². The number of ether oxygens (including phenoxy) is 1. The van der Waals surface area contributed by atoms with Crippen molar-refractivity contribution in [2.75, 3.05) is 0 Å². The molecule has 1 aromatic carbocycles. The highest BCUT2D eigenvalue weighted by Gasteiger charge is 2.08. The molecule has 0 amide bonds. The standard InChI is InChI=1S/C11H11F2N3O/c1-2-9-14-10(16-15-9)7-4-3-5-8(6-7)17-11(12)13/h3-6,11H,2H2,1H3,(H,14,15,16). The summed E-state index contributed by atoms with van der Waals surface area (Å²) < 4.78 is 28.4. The van der Waals surface area contributed by atoms with Gasteiger partial charge in [0.15, 0.2) is 5.82 Å². The molecule has 0 aliphatic carbocycles. The summed E-state index contributed by atoms with van der Waals surface area (Å²) in [5.74, 6) is 1.32. The van der Waals surface area contributed by atoms with E-state index in [-0.39, 0.29) is 5.75 Å². The van der Waals surface area contributed by atoms with E-state index in [2.05, 4.69) is 19.9 Å². The number of nitrogens with one attached hydrogen (secondary N) is 1. The van der Waals surface area contributed by atoms with Crippen molar-refractivity contribution in [2.24, 2.45) is 0 Å². The maximum atomic E-state index is 12.1. The summed E-state index contributed by atoms with van der Waals surface area (Å²) in [5, 5.41) is 6.76. The fourth-order valence-corrected chi connectivity index (χ4v) is 1.39. The zero-order valence-electron chi connectivity index (χ0n) is 9.15. The molecule has 2 rings (SSSR count). The maximum Gasteiger partial charge on any atom is 0.387 e. The fraction of sp³-hybridized carbons (Fsp3) is 0.273. The molecule has 4 nitrogen and oxygen atoms in total. The van der Waals surface area contributed by atoms with Gasteiger partial charge < -0.3 is 4.74 Å². The number of rotatable bonds is 4. The smallest absolute Gasteiger partial charge is 0.387 e. The van der Waals surface area contributed by atoms with Gasteiger partial charge in [0.1, 0.15) is 11.6 Å². The van der Waals surface area contributed by atoms with E-state index >= 15 is 0 Å². The zero-order chi connectivity index (χ0) is 12.3. The molecule has 6 heteroatoms. The van der Waals surface area contributed by atoms with Gasteiger partial charge in [-0.05, 0) is 12.1 Å². The number of aromatic amines is 1. The van der Waals surface area contributed by atoms with Gasteiger partial charge in [0.25, 0.3) is 0 Å². The van der Waals surface area contributed by atoms with Crippen molar-refractivity contribution in [1.82, 2.24) is 15.2 Å². The van der Waals surface area contributed by atoms with Crippen LogP contribution in [-0.4, -0.2) is 21.8 Å². The molecule has 0 spiro atoms. The van der Waals surface area contributed by atoms with Crippen LogP contribution < -0.4 is 4.74 Å². The van der Waals surface area contributed by atoms with Gasteiger partial charge in [-0.1, -0.05) is 19.1 Å². The largest absolute Gasteiger partial charge is 0.435 e. The Morgan fingerprint density at radius 3 is 2.88 bits per heavy atom. The molecular formula is C11H11F2N3O. The summed E-state index contributed by atoms with van der Waals surface area (Å²) in [4.78, 5) is 4.21. The molecule has 0 aliphatic rings. The predicted octanol–water partition coefficient (Wildman–Crippen LogP) is 2.64. The minimum absolute atomic E-state index is 0.0975. The van der Waals surface area contributed by atoms with E-state index in [1.54, 1.807) is 12.1 Å². The quantitative estimate of drug-likeness (QED) is 0.892. The van der Waals surface area contributed by atoms with Crippen LogP contribution in [0.5, 0.6) is 5.75 Å². The first-order valence-corrected chi connectivity index (χ1v) is 5.15. The summed E-state index contributed by atoms with van der Waals surface area (Å²) in [7, 11) is 0. The van der Waals surface area contributed by atoms with Crippen molar-refractivity contribution in [3.8, 4) is 17.1 Å². The van der Waals surface area contributed by atoms with Crippen molar-refractivity contribution < 1.29 is 13.5 Å². The van der Waals surface area contributed by atoms with Gasteiger partial charge in [0.05, 0.1) is 0 Å². The lowest BCUT2D eigenvalue weighted by Crippen LogP contribution is -2.01. The number of hydrogen-bond acceptors (Lipinski definition) is 3. The summed E-state index contributed by atoms with van der Waals surface area (Å²) in [5.41, 5.74) is 0.638. The van der Waals surface area contributed by atoms with Gasteiger partial charge in [-0.3, -0.25) is 5.10 Å². The number of hydrogen-bond donors (Lipinski definition) is 1. The molecule has 0 bridgehead atoms. The molecule has 0 saturated carbocycles. The number of benzene rings is 1. The highest BCUT2D eigenvalue weighted by Crippen LogP contribution is 2.22. The molecule has 0 unspecified atom stereocenters. The summed E-state index contributed by atoms with van der Waals surface area (Å²) >= 11 is 0. The second-order valence-corrected chi connectivity index (χ2v) is 3.37. The first kappa shape index (κ1) is 11.5. The average Bonchev–Trinajstić information content (AvgIpc) is 2.77. The van der Waals surface area contributed by atoms with Crippen LogP contribution in [0.25, 0.3) is 11.4 Å². The number of H-pyrrole nitrogens is 1. The number of alkyl halides is 2. The number of aryl methyl sites for hydroxylation is 1. The Kier molecular flexibility index (Phi) is 3.32. The molecule has 0 fully saturated rings. The number of aromatic nitrogens is 3. The first-order chi connectivity index (χ1) is 8.19. The van der Waals surface area contributed by atoms with E-state index in [0.29, 0.717) is 11.4 Å². The highest BCUT2D eigenvalue weighted by molar-refractivity contribution is 5.57. The van der Waals surface area contributed by atoms with Crippen LogP contribution in [0.15, 0.2) is 24.3 Å². The molecule has 1 aromatic heterocycles. The number of nitrogens with zero attached hydrogens (tertiary/aromatic N) is 2. The summed E-state index contributed by atoms with van der Waals surface area (Å²) in [6.45, 7) is -0.885. The maximum absolute atomic E-state index is 12.1. The molecule has 0 radical (unpaired) electrons. The molecule has 0 saturated heterocycles. The SMILES string of the molecule is CCc1nc(-c2cccc(OC(F)F)c2)n[nH]1. The molecule has 1 heterocycles. The van der Waals surface area contributed by atoms with Crippen LogP contribution in [0.2, 0.25) is 0 Å². The van der Waals surface area contributed by atoms with E-state index in [0.717, 1.165) is 12.2 Å². The monoisotopic (exact) mass is 239 g/mol. The van der Waals surface area contributed by atoms with Gasteiger partial charge in [0.2, 0.25) is 0 Å². The average molecular weight is 239 g/mol. The van der Waals surface area contributed by atoms with E-state index in [9.17, 15) is 8.78 Å². The van der Waals surface area contributed by atoms with Crippen LogP contribution in [0, 0.1) is 0 Å². The first-order valence-electron chi connectivity index (χ1n) is 5.15. The molecule has 1 N–H and O–H groups in total. The van der Waals surface area contributed by atoms with Crippen LogP contribution in [0.1, 0.15) is 12.7 Å². The van der Waals surface area contributed by atoms with E-state index in [1.165, 1.54) is 12.1 Å². The molecular weight excluding hydrogens is 228 g/mol. The topological polar surface area (TPSA) is 50.8 Å². The third-order valence-corrected chi connectivity index (χ3v) is 2.18. The van der Waals surface area contributed by atoms with Gasteiger partial charge in [-0.15, -0.1) is 0 Å². The Labute approximate surface area is 96.6 Å². The normalized spacial score (nSPS) is 10.8. The second kappa shape index (κ2) is 4.90. The zero-order valence-corrected chi connectivity index (χ0v) is 9.15. The van der Waals surface area contributed by atoms with Gasteiger partial charge in [0, 0.05) is 12.0 Å². The number of halogens is 2. The lowest BCUT2D eigenvalue weighted by atomic mass is 10.2. The van der Waals surface area contributed by atoms with Crippen molar-refractivity contribution in [2.45, 2.75) is 20.0 Å². The molecule has 90 valence electrons. The van der Waals surface area contributed by atoms with E-state index < -0.39 is 6.61 Å². The minimum Gasteiger partial charge on any atom is -0.435 e. The van der Waals surface area contributed by atoms with E-state index in [1.807, 2.05) is 6.92 Å². The van der Waals surface area contributed by atoms with Crippen molar-refractivity contribution in [1.29, 1.82) is 0 Å². The Morgan fingerprint density at radius 2 is 2.24 bits per heavy atom. The predicted molar refractivity (Wildman–Crippen MR) is 57.8 cm³/mol. The lowest BCUT2D eigenvalue weighted by molar-refractivity contribution is -0.0498. The Bertz CT molecular complexity index is 499. The van der Waals surface area contributed by atoms with E-state index in [4.69, 9.17) is 0 Å². The van der Waals surface area contributed by atoms with Crippen LogP contribution in [-0.2, 0) is 6.42 Å². The van der Waals surface area contributed by atoms with Gasteiger partial charge in [-0.25, -0.2) is 4.98 Å². The lowest BCUT2D eigenvalue weighted by Gasteiger charge is -2.04. The van der Waals surface area contributed by atoms with Crippen LogP contribution in [0.3, 0.4) is 0 Å². The second-order valence-electron chi connectivity index (χ2n) is 3.37. The van der Waals surface area contributed by atoms with Crippen LogP contribution >= 0.6 is 0 Å². The van der Waals surface area contributed by atoms with Crippen molar-refractivity contribution >= 4 is 0 Å². The Hall–Kier alpha value is -1.98. The molecule has 0 atom stereocenters. The van der Waals surface area contributed by atoms with Crippen LogP contribution in [0.4, 0.5) is 8.78 Å². The molecule has 0 aliphatic heterocycles. The highest BCUT2D eigenvalue weighted by atomic mass is 19.3. The molecule has 17 heavy (non-hydrogen) atoms. The van der Waals surface area contributed by atoms with Gasteiger partial charge in [-0.2, -0.15) is 13.9 Å².